The van der Waals surface area contributed by atoms with Crippen LogP contribution < -0.4 is 4.74 Å². The summed E-state index contributed by atoms with van der Waals surface area (Å²) >= 11 is 5.93. The van der Waals surface area contributed by atoms with E-state index in [1.54, 1.807) is 0 Å². The van der Waals surface area contributed by atoms with Crippen molar-refractivity contribution >= 4 is 22.4 Å². The first-order valence-corrected chi connectivity index (χ1v) is 5.53. The van der Waals surface area contributed by atoms with Crippen molar-refractivity contribution in [3.63, 3.8) is 0 Å². The molecule has 0 heterocycles. The zero-order chi connectivity index (χ0) is 10.7. The van der Waals surface area contributed by atoms with Crippen LogP contribution in [0.3, 0.4) is 0 Å². The molecule has 1 atom stereocenters. The van der Waals surface area contributed by atoms with Gasteiger partial charge in [0.2, 0.25) is 0 Å². The Bertz CT molecular complexity index is 453. The van der Waals surface area contributed by atoms with Gasteiger partial charge < -0.3 is 4.74 Å². The monoisotopic (exact) mass is 220 g/mol. The number of alkyl halides is 1. The van der Waals surface area contributed by atoms with Crippen LogP contribution in [-0.4, -0.2) is 5.56 Å². The summed E-state index contributed by atoms with van der Waals surface area (Å²) in [4.78, 5) is 0. The highest BCUT2D eigenvalue weighted by Crippen LogP contribution is 2.22. The lowest BCUT2D eigenvalue weighted by Crippen LogP contribution is -2.06. The van der Waals surface area contributed by atoms with Gasteiger partial charge in [-0.25, -0.2) is 0 Å². The third kappa shape index (κ3) is 2.42. The quantitative estimate of drug-likeness (QED) is 0.705. The van der Waals surface area contributed by atoms with Gasteiger partial charge in [-0.2, -0.15) is 0 Å². The highest BCUT2D eigenvalue weighted by atomic mass is 35.5. The molecule has 0 spiro atoms. The summed E-state index contributed by atoms with van der Waals surface area (Å²) in [6.07, 6.45) is 0.800. The molecule has 15 heavy (non-hydrogen) atoms. The minimum atomic E-state index is -0.244. The average molecular weight is 221 g/mol. The zero-order valence-electron chi connectivity index (χ0n) is 8.61. The van der Waals surface area contributed by atoms with Crippen LogP contribution in [0.15, 0.2) is 42.5 Å². The fraction of sp³-hybridized carbons (Fsp3) is 0.231. The summed E-state index contributed by atoms with van der Waals surface area (Å²) < 4.78 is 5.54. The number of hydrogen-bond acceptors (Lipinski definition) is 1. The smallest absolute Gasteiger partial charge is 0.171 e. The van der Waals surface area contributed by atoms with Crippen molar-refractivity contribution in [2.24, 2.45) is 0 Å². The van der Waals surface area contributed by atoms with Gasteiger partial charge in [0.1, 0.15) is 5.75 Å². The van der Waals surface area contributed by atoms with Gasteiger partial charge in [0.05, 0.1) is 0 Å². The second-order valence-corrected chi connectivity index (χ2v) is 3.93. The number of benzene rings is 2. The van der Waals surface area contributed by atoms with Crippen molar-refractivity contribution in [3.8, 4) is 5.75 Å². The van der Waals surface area contributed by atoms with E-state index < -0.39 is 0 Å². The van der Waals surface area contributed by atoms with Crippen molar-refractivity contribution in [2.45, 2.75) is 18.9 Å². The maximum atomic E-state index is 5.93. The third-order valence-corrected chi connectivity index (χ3v) is 2.70. The molecule has 0 aliphatic rings. The van der Waals surface area contributed by atoms with Crippen LogP contribution in [0.5, 0.6) is 5.75 Å². The standard InChI is InChI=1S/C13H13ClO/c1-2-13(14)15-12-8-7-10-5-3-4-6-11(10)9-12/h3-9,13H,2H2,1H3. The van der Waals surface area contributed by atoms with Crippen LogP contribution in [-0.2, 0) is 0 Å². The fourth-order valence-electron chi connectivity index (χ4n) is 1.47. The van der Waals surface area contributed by atoms with Gasteiger partial charge >= 0.3 is 0 Å². The Morgan fingerprint density at radius 2 is 1.87 bits per heavy atom. The summed E-state index contributed by atoms with van der Waals surface area (Å²) in [6, 6.07) is 14.2. The van der Waals surface area contributed by atoms with Gasteiger partial charge in [0.25, 0.3) is 0 Å². The maximum Gasteiger partial charge on any atom is 0.171 e. The number of fused-ring (bicyclic) bond motifs is 1. The Kier molecular flexibility index (Phi) is 3.12. The van der Waals surface area contributed by atoms with Gasteiger partial charge in [-0.3, -0.25) is 0 Å². The van der Waals surface area contributed by atoms with E-state index in [1.165, 1.54) is 10.8 Å². The molecular formula is C13H13ClO. The predicted molar refractivity (Wildman–Crippen MR) is 64.5 cm³/mol. The summed E-state index contributed by atoms with van der Waals surface area (Å²) in [5.41, 5.74) is -0.244. The molecule has 0 fully saturated rings. The molecule has 0 aliphatic heterocycles. The molecule has 2 aromatic rings. The molecule has 0 amide bonds. The fourth-order valence-corrected chi connectivity index (χ4v) is 1.57. The summed E-state index contributed by atoms with van der Waals surface area (Å²) in [7, 11) is 0. The molecule has 2 aromatic carbocycles. The second kappa shape index (κ2) is 4.54. The van der Waals surface area contributed by atoms with Gasteiger partial charge in [0.15, 0.2) is 5.56 Å². The average Bonchev–Trinajstić information content (AvgIpc) is 2.29. The molecule has 2 heteroatoms. The van der Waals surface area contributed by atoms with Crippen LogP contribution in [0.2, 0.25) is 0 Å². The molecule has 1 unspecified atom stereocenters. The first-order chi connectivity index (χ1) is 7.29. The molecule has 0 N–H and O–H groups in total. The first-order valence-electron chi connectivity index (χ1n) is 5.09. The van der Waals surface area contributed by atoms with Crippen LogP contribution in [0.1, 0.15) is 13.3 Å². The highest BCUT2D eigenvalue weighted by Gasteiger charge is 2.03. The Balaban J connectivity index is 2.30. The van der Waals surface area contributed by atoms with Gasteiger partial charge in [-0.1, -0.05) is 48.9 Å². The largest absolute Gasteiger partial charge is 0.475 e. The van der Waals surface area contributed by atoms with Crippen molar-refractivity contribution in [2.75, 3.05) is 0 Å². The van der Waals surface area contributed by atoms with Crippen LogP contribution >= 0.6 is 11.6 Å². The lowest BCUT2D eigenvalue weighted by Gasteiger charge is -2.10. The third-order valence-electron chi connectivity index (χ3n) is 2.31. The van der Waals surface area contributed by atoms with Gasteiger partial charge in [-0.05, 0) is 29.3 Å². The van der Waals surface area contributed by atoms with E-state index in [4.69, 9.17) is 16.3 Å². The first kappa shape index (κ1) is 10.3. The summed E-state index contributed by atoms with van der Waals surface area (Å²) in [5.74, 6) is 0.829. The SMILES string of the molecule is CCC(Cl)Oc1ccc2ccccc2c1. The highest BCUT2D eigenvalue weighted by molar-refractivity contribution is 6.19. The van der Waals surface area contributed by atoms with Crippen molar-refractivity contribution < 1.29 is 4.74 Å². The molecule has 0 aliphatic carbocycles. The minimum Gasteiger partial charge on any atom is -0.475 e. The Morgan fingerprint density at radius 3 is 2.60 bits per heavy atom. The van der Waals surface area contributed by atoms with Crippen LogP contribution in [0.4, 0.5) is 0 Å². The van der Waals surface area contributed by atoms with E-state index in [9.17, 15) is 0 Å². The van der Waals surface area contributed by atoms with Crippen molar-refractivity contribution in [3.05, 3.63) is 42.5 Å². The van der Waals surface area contributed by atoms with E-state index >= 15 is 0 Å². The minimum absolute atomic E-state index is 0.244. The Morgan fingerprint density at radius 1 is 1.13 bits per heavy atom. The van der Waals surface area contributed by atoms with Gasteiger partial charge in [-0.15, -0.1) is 0 Å². The Hall–Kier alpha value is -1.21. The van der Waals surface area contributed by atoms with E-state index in [0.717, 1.165) is 12.2 Å². The molecule has 78 valence electrons. The molecule has 0 saturated carbocycles. The van der Waals surface area contributed by atoms with E-state index in [2.05, 4.69) is 12.1 Å². The van der Waals surface area contributed by atoms with E-state index in [-0.39, 0.29) is 5.56 Å². The lowest BCUT2D eigenvalue weighted by molar-refractivity contribution is 0.277. The molecule has 0 aromatic heterocycles. The normalized spacial score (nSPS) is 12.7. The molecule has 0 radical (unpaired) electrons. The zero-order valence-corrected chi connectivity index (χ0v) is 9.37. The van der Waals surface area contributed by atoms with E-state index in [1.807, 2.05) is 37.3 Å². The second-order valence-electron chi connectivity index (χ2n) is 3.45. The number of ether oxygens (including phenoxy) is 1. The molecule has 1 nitrogen and oxygen atoms in total. The van der Waals surface area contributed by atoms with Crippen LogP contribution in [0, 0.1) is 0 Å². The molecule has 0 saturated heterocycles. The van der Waals surface area contributed by atoms with E-state index in [0.29, 0.717) is 0 Å². The van der Waals surface area contributed by atoms with Crippen molar-refractivity contribution in [1.82, 2.24) is 0 Å². The van der Waals surface area contributed by atoms with Crippen LogP contribution in [0.25, 0.3) is 10.8 Å². The lowest BCUT2D eigenvalue weighted by atomic mass is 10.1. The topological polar surface area (TPSA) is 9.23 Å². The number of hydrogen-bond donors (Lipinski definition) is 0. The summed E-state index contributed by atoms with van der Waals surface area (Å²) in [5, 5.41) is 2.39. The molecular weight excluding hydrogens is 208 g/mol. The predicted octanol–water partition coefficient (Wildman–Crippen LogP) is 4.19. The van der Waals surface area contributed by atoms with Crippen molar-refractivity contribution in [1.29, 1.82) is 0 Å². The molecule has 2 rings (SSSR count). The number of rotatable bonds is 3. The number of halogens is 1. The Labute approximate surface area is 94.6 Å². The summed E-state index contributed by atoms with van der Waals surface area (Å²) in [6.45, 7) is 2.00. The maximum absolute atomic E-state index is 5.93. The van der Waals surface area contributed by atoms with Gasteiger partial charge in [0, 0.05) is 0 Å². The molecule has 0 bridgehead atoms.